The molecule has 10 heteroatoms. The van der Waals surface area contributed by atoms with E-state index < -0.39 is 54.3 Å². The van der Waals surface area contributed by atoms with E-state index in [1.165, 1.54) is 6.08 Å². The second-order valence-corrected chi connectivity index (χ2v) is 13.2. The van der Waals surface area contributed by atoms with Gasteiger partial charge in [0.15, 0.2) is 6.04 Å². The van der Waals surface area contributed by atoms with E-state index >= 15 is 0 Å². The van der Waals surface area contributed by atoms with Crippen molar-refractivity contribution < 1.29 is 38.5 Å². The van der Waals surface area contributed by atoms with Crippen molar-refractivity contribution in [2.45, 2.75) is 57.4 Å². The van der Waals surface area contributed by atoms with Gasteiger partial charge in [0, 0.05) is 6.42 Å². The van der Waals surface area contributed by atoms with Crippen LogP contribution in [0.3, 0.4) is 0 Å². The lowest BCUT2D eigenvalue weighted by molar-refractivity contribution is -0.157. The molecule has 0 heterocycles. The quantitative estimate of drug-likeness (QED) is 0.0614. The lowest BCUT2D eigenvalue weighted by Crippen LogP contribution is -2.48. The largest absolute Gasteiger partial charge is 0.489 e. The van der Waals surface area contributed by atoms with Gasteiger partial charge in [0.25, 0.3) is 0 Å². The fourth-order valence-corrected chi connectivity index (χ4v) is 5.84. The average Bonchev–Trinajstić information content (AvgIpc) is 3.21. The number of ether oxygens (including phenoxy) is 3. The van der Waals surface area contributed by atoms with Crippen LogP contribution >= 0.6 is 0 Å². The molecule has 4 aromatic carbocycles. The number of esters is 2. The number of hydrogen-bond donors (Lipinski definition) is 3. The molecule has 0 aliphatic heterocycles. The zero-order valence-electron chi connectivity index (χ0n) is 31.0. The SMILES string of the molecule is C=CC[C@H](CC(=O)N[C@H](CO)Cc1ccc(OCc2ccccc2)cc1)C(=O)N[C@H](COC(=O)[C@@H](CC=C)Cc1ccccc1)C(=O)OCc1ccccc1. The molecule has 288 valence electrons. The van der Waals surface area contributed by atoms with Gasteiger partial charge in [0.05, 0.1) is 24.5 Å². The molecule has 0 spiro atoms. The molecule has 0 bridgehead atoms. The number of carbonyl (C=O) groups is 4. The Kier molecular flexibility index (Phi) is 17.4. The molecule has 4 atom stereocenters. The predicted molar refractivity (Wildman–Crippen MR) is 210 cm³/mol. The summed E-state index contributed by atoms with van der Waals surface area (Å²) in [4.78, 5) is 53.5. The Morgan fingerprint density at radius 2 is 1.16 bits per heavy atom. The lowest BCUT2D eigenvalue weighted by atomic mass is 9.96. The summed E-state index contributed by atoms with van der Waals surface area (Å²) in [6, 6.07) is 33.8. The Morgan fingerprint density at radius 1 is 0.618 bits per heavy atom. The maximum Gasteiger partial charge on any atom is 0.332 e. The van der Waals surface area contributed by atoms with Crippen LogP contribution in [-0.2, 0) is 54.7 Å². The summed E-state index contributed by atoms with van der Waals surface area (Å²) in [7, 11) is 0. The van der Waals surface area contributed by atoms with Gasteiger partial charge in [-0.3, -0.25) is 14.4 Å². The molecule has 0 aliphatic carbocycles. The second kappa shape index (κ2) is 22.9. The summed E-state index contributed by atoms with van der Waals surface area (Å²) < 4.78 is 17.0. The van der Waals surface area contributed by atoms with E-state index in [1.807, 2.05) is 103 Å². The van der Waals surface area contributed by atoms with E-state index in [4.69, 9.17) is 14.2 Å². The molecule has 0 unspecified atom stereocenters. The molecular formula is C45H50N2O8. The number of hydrogen-bond acceptors (Lipinski definition) is 8. The molecule has 4 aromatic rings. The van der Waals surface area contributed by atoms with E-state index in [0.29, 0.717) is 31.6 Å². The molecule has 0 aliphatic rings. The van der Waals surface area contributed by atoms with Crippen molar-refractivity contribution in [3.63, 3.8) is 0 Å². The summed E-state index contributed by atoms with van der Waals surface area (Å²) in [6.07, 6.45) is 4.12. The van der Waals surface area contributed by atoms with Gasteiger partial charge in [-0.05, 0) is 60.1 Å². The van der Waals surface area contributed by atoms with Crippen molar-refractivity contribution in [1.82, 2.24) is 10.6 Å². The standard InChI is InChI=1S/C45H50N2O8/c1-3-14-37(28-42(49)46-39(29-48)27-34-22-24-40(25-23-34)53-30-35-18-10-6-11-19-35)43(50)47-41(45(52)54-31-36-20-12-7-13-21-36)32-55-44(51)38(15-4-2)26-33-16-8-5-9-17-33/h3-13,16-25,37-39,41,48H,1-2,14-15,26-32H2,(H,46,49)(H,47,50)/t37-,38+,39+,41-/m1/s1. The first-order valence-electron chi connectivity index (χ1n) is 18.4. The number of amides is 2. The van der Waals surface area contributed by atoms with Crippen molar-refractivity contribution in [3.8, 4) is 5.75 Å². The number of allylic oxidation sites excluding steroid dienone is 2. The highest BCUT2D eigenvalue weighted by Crippen LogP contribution is 2.18. The number of nitrogens with one attached hydrogen (secondary N) is 2. The van der Waals surface area contributed by atoms with E-state index in [0.717, 1.165) is 22.3 Å². The van der Waals surface area contributed by atoms with Gasteiger partial charge >= 0.3 is 11.9 Å². The third-order valence-corrected chi connectivity index (χ3v) is 8.82. The number of aliphatic hydroxyl groups is 1. The highest BCUT2D eigenvalue weighted by Gasteiger charge is 2.30. The van der Waals surface area contributed by atoms with E-state index in [1.54, 1.807) is 18.2 Å². The van der Waals surface area contributed by atoms with Crippen LogP contribution in [0.5, 0.6) is 5.75 Å². The lowest BCUT2D eigenvalue weighted by Gasteiger charge is -2.23. The Balaban J connectivity index is 1.36. The number of aliphatic hydroxyl groups excluding tert-OH is 1. The van der Waals surface area contributed by atoms with Crippen LogP contribution in [0.2, 0.25) is 0 Å². The molecule has 3 N–H and O–H groups in total. The molecule has 4 rings (SSSR count). The van der Waals surface area contributed by atoms with Gasteiger partial charge in [-0.2, -0.15) is 0 Å². The first kappa shape index (κ1) is 41.8. The molecule has 0 saturated carbocycles. The smallest absolute Gasteiger partial charge is 0.332 e. The van der Waals surface area contributed by atoms with Crippen molar-refractivity contribution in [2.24, 2.45) is 11.8 Å². The minimum Gasteiger partial charge on any atom is -0.489 e. The maximum absolute atomic E-state index is 13.6. The number of benzene rings is 4. The van der Waals surface area contributed by atoms with Crippen LogP contribution in [0.4, 0.5) is 0 Å². The topological polar surface area (TPSA) is 140 Å². The Labute approximate surface area is 323 Å². The third-order valence-electron chi connectivity index (χ3n) is 8.82. The van der Waals surface area contributed by atoms with Gasteiger partial charge in [0.2, 0.25) is 11.8 Å². The van der Waals surface area contributed by atoms with Gasteiger partial charge < -0.3 is 30.0 Å². The third kappa shape index (κ3) is 14.7. The van der Waals surface area contributed by atoms with E-state index in [2.05, 4.69) is 23.8 Å². The number of rotatable bonds is 23. The minimum absolute atomic E-state index is 0.0580. The van der Waals surface area contributed by atoms with Crippen molar-refractivity contribution in [3.05, 3.63) is 163 Å². The molecule has 0 aromatic heterocycles. The van der Waals surface area contributed by atoms with Gasteiger partial charge in [0.1, 0.15) is 25.6 Å². The van der Waals surface area contributed by atoms with Crippen molar-refractivity contribution in [2.75, 3.05) is 13.2 Å². The molecule has 55 heavy (non-hydrogen) atoms. The molecule has 0 fully saturated rings. The Morgan fingerprint density at radius 3 is 1.75 bits per heavy atom. The van der Waals surface area contributed by atoms with Crippen LogP contribution in [0, 0.1) is 11.8 Å². The highest BCUT2D eigenvalue weighted by atomic mass is 16.6. The fourth-order valence-electron chi connectivity index (χ4n) is 5.84. The number of carbonyl (C=O) groups excluding carboxylic acids is 4. The van der Waals surface area contributed by atoms with Crippen LogP contribution in [0.1, 0.15) is 41.5 Å². The summed E-state index contributed by atoms with van der Waals surface area (Å²) >= 11 is 0. The van der Waals surface area contributed by atoms with Crippen molar-refractivity contribution >= 4 is 23.8 Å². The summed E-state index contributed by atoms with van der Waals surface area (Å²) in [5.74, 6) is -3.21. The monoisotopic (exact) mass is 746 g/mol. The average molecular weight is 747 g/mol. The van der Waals surface area contributed by atoms with E-state index in [-0.39, 0.29) is 26.1 Å². The molecule has 10 nitrogen and oxygen atoms in total. The zero-order chi connectivity index (χ0) is 39.3. The van der Waals surface area contributed by atoms with Crippen LogP contribution in [0.25, 0.3) is 0 Å². The van der Waals surface area contributed by atoms with E-state index in [9.17, 15) is 24.3 Å². The summed E-state index contributed by atoms with van der Waals surface area (Å²) in [5.41, 5.74) is 3.59. The summed E-state index contributed by atoms with van der Waals surface area (Å²) in [6.45, 7) is 7.07. The highest BCUT2D eigenvalue weighted by molar-refractivity contribution is 5.89. The Bertz CT molecular complexity index is 1800. The maximum atomic E-state index is 13.6. The fraction of sp³-hybridized carbons (Fsp3) is 0.289. The molecule has 2 amide bonds. The molecular weight excluding hydrogens is 697 g/mol. The van der Waals surface area contributed by atoms with Gasteiger partial charge in [-0.15, -0.1) is 13.2 Å². The molecule has 0 saturated heterocycles. The molecule has 0 radical (unpaired) electrons. The van der Waals surface area contributed by atoms with Crippen molar-refractivity contribution in [1.29, 1.82) is 0 Å². The Hall–Kier alpha value is -6.00. The van der Waals surface area contributed by atoms with Gasteiger partial charge in [-0.25, -0.2) is 4.79 Å². The van der Waals surface area contributed by atoms with Gasteiger partial charge in [-0.1, -0.05) is 115 Å². The van der Waals surface area contributed by atoms with Crippen LogP contribution < -0.4 is 15.4 Å². The van der Waals surface area contributed by atoms with Crippen LogP contribution in [0.15, 0.2) is 141 Å². The first-order valence-corrected chi connectivity index (χ1v) is 18.4. The second-order valence-electron chi connectivity index (χ2n) is 13.2. The zero-order valence-corrected chi connectivity index (χ0v) is 31.0. The minimum atomic E-state index is -1.35. The summed E-state index contributed by atoms with van der Waals surface area (Å²) in [5, 5.41) is 15.6. The van der Waals surface area contributed by atoms with Crippen LogP contribution in [-0.4, -0.2) is 54.2 Å². The normalized spacial score (nSPS) is 12.9. The first-order chi connectivity index (χ1) is 26.8. The predicted octanol–water partition coefficient (Wildman–Crippen LogP) is 6.07.